The number of nitrogens with zero attached hydrogens (tertiary/aromatic N) is 2. The zero-order valence-corrected chi connectivity index (χ0v) is 13.2. The van der Waals surface area contributed by atoms with Crippen molar-refractivity contribution in [3.05, 3.63) is 0 Å². The second-order valence-corrected chi connectivity index (χ2v) is 7.06. The van der Waals surface area contributed by atoms with Crippen LogP contribution in [0.5, 0.6) is 0 Å². The van der Waals surface area contributed by atoms with Crippen LogP contribution in [0.25, 0.3) is 0 Å². The molecule has 114 valence electrons. The average molecular weight is 292 g/mol. The largest absolute Gasteiger partial charge is 0.317 e. The van der Waals surface area contributed by atoms with Gasteiger partial charge in [0.25, 0.3) is 10.2 Å². The second-order valence-electron chi connectivity index (χ2n) is 5.25. The maximum Gasteiger partial charge on any atom is 0.279 e. The number of likely N-dealkylation sites (tertiary alicyclic amines) is 1. The predicted molar refractivity (Wildman–Crippen MR) is 78.4 cm³/mol. The van der Waals surface area contributed by atoms with Crippen molar-refractivity contribution in [1.29, 1.82) is 0 Å². The van der Waals surface area contributed by atoms with E-state index in [0.717, 1.165) is 45.4 Å². The van der Waals surface area contributed by atoms with Crippen molar-refractivity contribution < 1.29 is 8.42 Å². The molecular weight excluding hydrogens is 264 g/mol. The van der Waals surface area contributed by atoms with Gasteiger partial charge in [-0.05, 0) is 45.9 Å². The summed E-state index contributed by atoms with van der Waals surface area (Å²) < 4.78 is 28.5. The molecule has 19 heavy (non-hydrogen) atoms. The topological polar surface area (TPSA) is 64.7 Å². The molecule has 0 amide bonds. The van der Waals surface area contributed by atoms with E-state index in [1.165, 1.54) is 4.31 Å². The Labute approximate surface area is 117 Å². The molecule has 1 fully saturated rings. The van der Waals surface area contributed by atoms with Crippen LogP contribution in [0.2, 0.25) is 0 Å². The first-order chi connectivity index (χ1) is 8.95. The number of hydrogen-bond acceptors (Lipinski definition) is 4. The molecule has 1 aliphatic heterocycles. The summed E-state index contributed by atoms with van der Waals surface area (Å²) in [6.07, 6.45) is 2.80. The highest BCUT2D eigenvalue weighted by atomic mass is 32.2. The predicted octanol–water partition coefficient (Wildman–Crippen LogP) is -0.154. The fraction of sp³-hybridized carbons (Fsp3) is 1.00. The second kappa shape index (κ2) is 8.16. The van der Waals surface area contributed by atoms with Gasteiger partial charge in [0.2, 0.25) is 0 Å². The summed E-state index contributed by atoms with van der Waals surface area (Å²) in [4.78, 5) is 2.17. The molecule has 0 aromatic heterocycles. The van der Waals surface area contributed by atoms with Crippen LogP contribution in [0.4, 0.5) is 0 Å². The monoisotopic (exact) mass is 292 g/mol. The van der Waals surface area contributed by atoms with E-state index in [1.807, 2.05) is 14.0 Å². The highest BCUT2D eigenvalue weighted by Gasteiger charge is 2.24. The van der Waals surface area contributed by atoms with Crippen LogP contribution < -0.4 is 10.0 Å². The average Bonchev–Trinajstić information content (AvgIpc) is 2.33. The minimum atomic E-state index is -3.34. The molecule has 0 aromatic carbocycles. The van der Waals surface area contributed by atoms with Crippen LogP contribution in [0, 0.1) is 0 Å². The Kier molecular flexibility index (Phi) is 7.23. The van der Waals surface area contributed by atoms with Crippen molar-refractivity contribution in [2.24, 2.45) is 0 Å². The number of hydrogen-bond donors (Lipinski definition) is 2. The van der Waals surface area contributed by atoms with Crippen LogP contribution in [0.15, 0.2) is 0 Å². The van der Waals surface area contributed by atoms with Gasteiger partial charge in [0.15, 0.2) is 0 Å². The summed E-state index contributed by atoms with van der Waals surface area (Å²) in [7, 11) is 0.326. The Morgan fingerprint density at radius 2 is 2.16 bits per heavy atom. The number of rotatable bonds is 8. The summed E-state index contributed by atoms with van der Waals surface area (Å²) in [6, 6.07) is 0.0416. The van der Waals surface area contributed by atoms with Crippen LogP contribution in [-0.2, 0) is 10.2 Å². The van der Waals surface area contributed by atoms with E-state index in [1.54, 1.807) is 7.05 Å². The van der Waals surface area contributed by atoms with Gasteiger partial charge in [0.1, 0.15) is 0 Å². The van der Waals surface area contributed by atoms with Gasteiger partial charge in [-0.2, -0.15) is 17.4 Å². The molecule has 1 unspecified atom stereocenters. The minimum Gasteiger partial charge on any atom is -0.317 e. The SMILES string of the molecule is CCNCCCN(C)S(=O)(=O)NC1CCCN(C)C1. The zero-order chi connectivity index (χ0) is 14.3. The van der Waals surface area contributed by atoms with Gasteiger partial charge in [-0.15, -0.1) is 0 Å². The molecule has 1 atom stereocenters. The summed E-state index contributed by atoms with van der Waals surface area (Å²) in [6.45, 7) is 6.21. The fourth-order valence-electron chi connectivity index (χ4n) is 2.29. The lowest BCUT2D eigenvalue weighted by Crippen LogP contribution is -2.50. The van der Waals surface area contributed by atoms with E-state index >= 15 is 0 Å². The first-order valence-electron chi connectivity index (χ1n) is 7.08. The lowest BCUT2D eigenvalue weighted by molar-refractivity contribution is 0.240. The summed E-state index contributed by atoms with van der Waals surface area (Å²) in [5, 5.41) is 3.19. The van der Waals surface area contributed by atoms with E-state index in [9.17, 15) is 8.42 Å². The lowest BCUT2D eigenvalue weighted by atomic mass is 10.1. The number of piperidine rings is 1. The van der Waals surface area contributed by atoms with Gasteiger partial charge in [-0.25, -0.2) is 0 Å². The third-order valence-electron chi connectivity index (χ3n) is 3.43. The van der Waals surface area contributed by atoms with Crippen molar-refractivity contribution in [2.75, 3.05) is 46.8 Å². The highest BCUT2D eigenvalue weighted by molar-refractivity contribution is 7.87. The normalized spacial score (nSPS) is 22.0. The van der Waals surface area contributed by atoms with Gasteiger partial charge in [0.05, 0.1) is 0 Å². The molecule has 0 spiro atoms. The summed E-state index contributed by atoms with van der Waals surface area (Å²) >= 11 is 0. The van der Waals surface area contributed by atoms with E-state index in [0.29, 0.717) is 6.54 Å². The molecule has 0 aromatic rings. The van der Waals surface area contributed by atoms with Crippen molar-refractivity contribution in [3.8, 4) is 0 Å². The van der Waals surface area contributed by atoms with Crippen LogP contribution in [-0.4, -0.2) is 70.5 Å². The van der Waals surface area contributed by atoms with Crippen LogP contribution in [0.1, 0.15) is 26.2 Å². The minimum absolute atomic E-state index is 0.0416. The molecule has 6 nitrogen and oxygen atoms in total. The number of nitrogens with one attached hydrogen (secondary N) is 2. The standard InChI is InChI=1S/C12H28N4O2S/c1-4-13-8-6-10-16(3)19(17,18)14-12-7-5-9-15(2)11-12/h12-14H,4-11H2,1-3H3. The Morgan fingerprint density at radius 1 is 1.42 bits per heavy atom. The first kappa shape index (κ1) is 16.8. The molecule has 2 N–H and O–H groups in total. The molecule has 0 bridgehead atoms. The maximum absolute atomic E-state index is 12.1. The maximum atomic E-state index is 12.1. The van der Waals surface area contributed by atoms with Crippen molar-refractivity contribution >= 4 is 10.2 Å². The molecule has 0 saturated carbocycles. The third kappa shape index (κ3) is 6.18. The van der Waals surface area contributed by atoms with Crippen LogP contribution in [0.3, 0.4) is 0 Å². The molecule has 1 aliphatic rings. The van der Waals surface area contributed by atoms with Crippen molar-refractivity contribution in [3.63, 3.8) is 0 Å². The van der Waals surface area contributed by atoms with Gasteiger partial charge < -0.3 is 10.2 Å². The Hall–Kier alpha value is -0.210. The molecular formula is C12H28N4O2S. The fourth-order valence-corrected chi connectivity index (χ4v) is 3.45. The first-order valence-corrected chi connectivity index (χ1v) is 8.52. The van der Waals surface area contributed by atoms with Gasteiger partial charge in [-0.3, -0.25) is 0 Å². The van der Waals surface area contributed by atoms with Gasteiger partial charge in [-0.1, -0.05) is 6.92 Å². The highest BCUT2D eigenvalue weighted by Crippen LogP contribution is 2.10. The molecule has 0 aliphatic carbocycles. The van der Waals surface area contributed by atoms with E-state index in [4.69, 9.17) is 0 Å². The van der Waals surface area contributed by atoms with Crippen molar-refractivity contribution in [1.82, 2.24) is 19.2 Å². The van der Waals surface area contributed by atoms with Crippen molar-refractivity contribution in [2.45, 2.75) is 32.2 Å². The quantitative estimate of drug-likeness (QED) is 0.611. The summed E-state index contributed by atoms with van der Waals surface area (Å²) in [5.74, 6) is 0. The number of likely N-dealkylation sites (N-methyl/N-ethyl adjacent to an activating group) is 1. The Morgan fingerprint density at radius 3 is 2.79 bits per heavy atom. The lowest BCUT2D eigenvalue weighted by Gasteiger charge is -2.31. The summed E-state index contributed by atoms with van der Waals surface area (Å²) in [5.41, 5.74) is 0. The van der Waals surface area contributed by atoms with E-state index < -0.39 is 10.2 Å². The molecule has 1 heterocycles. The molecule has 0 radical (unpaired) electrons. The molecule has 7 heteroatoms. The van der Waals surface area contributed by atoms with E-state index in [2.05, 4.69) is 14.9 Å². The Balaban J connectivity index is 2.36. The third-order valence-corrected chi connectivity index (χ3v) is 5.06. The molecule has 1 rings (SSSR count). The smallest absolute Gasteiger partial charge is 0.279 e. The molecule has 1 saturated heterocycles. The van der Waals surface area contributed by atoms with Gasteiger partial charge >= 0.3 is 0 Å². The van der Waals surface area contributed by atoms with Crippen LogP contribution >= 0.6 is 0 Å². The van der Waals surface area contributed by atoms with E-state index in [-0.39, 0.29) is 6.04 Å². The van der Waals surface area contributed by atoms with Gasteiger partial charge in [0, 0.05) is 26.2 Å². The zero-order valence-electron chi connectivity index (χ0n) is 12.4. The Bertz CT molecular complexity index is 348.